The molecule has 0 radical (unpaired) electrons. The van der Waals surface area contributed by atoms with E-state index in [1.165, 1.54) is 19.3 Å². The van der Waals surface area contributed by atoms with Crippen LogP contribution >= 0.6 is 0 Å². The predicted octanol–water partition coefficient (Wildman–Crippen LogP) is 1.49. The molecule has 1 aliphatic rings. The Bertz CT molecular complexity index is 347. The Hall–Kier alpha value is -1.13. The van der Waals surface area contributed by atoms with Crippen LogP contribution in [0.15, 0.2) is 18.3 Å². The summed E-state index contributed by atoms with van der Waals surface area (Å²) in [6, 6.07) is 4.37. The number of hydrogen-bond acceptors (Lipinski definition) is 4. The van der Waals surface area contributed by atoms with E-state index in [1.54, 1.807) is 13.1 Å². The van der Waals surface area contributed by atoms with Crippen LogP contribution in [0.3, 0.4) is 0 Å². The minimum atomic E-state index is -0.529. The fourth-order valence-corrected chi connectivity index (χ4v) is 2.14. The fraction of sp³-hybridized carbons (Fsp3) is 0.615. The number of aromatic nitrogens is 1. The monoisotopic (exact) mass is 236 g/mol. The fourth-order valence-electron chi connectivity index (χ4n) is 2.14. The van der Waals surface area contributed by atoms with Crippen molar-refractivity contribution in [2.45, 2.75) is 38.3 Å². The molecule has 1 aliphatic carbocycles. The summed E-state index contributed by atoms with van der Waals surface area (Å²) in [5, 5.41) is 18.5. The van der Waals surface area contributed by atoms with Crippen LogP contribution in [0.25, 0.3) is 0 Å². The molecule has 0 aromatic carbocycles. The van der Waals surface area contributed by atoms with E-state index in [9.17, 15) is 5.11 Å². The SMILES string of the molecule is C[C@@H](O)c1ccc(N(CCO)C2CCC2)cn1. The van der Waals surface area contributed by atoms with Crippen LogP contribution in [0, 0.1) is 0 Å². The van der Waals surface area contributed by atoms with Crippen molar-refractivity contribution in [1.29, 1.82) is 0 Å². The number of aliphatic hydroxyl groups is 2. The molecule has 1 saturated carbocycles. The zero-order valence-corrected chi connectivity index (χ0v) is 10.2. The summed E-state index contributed by atoms with van der Waals surface area (Å²) in [6.45, 7) is 2.52. The zero-order chi connectivity index (χ0) is 12.3. The van der Waals surface area contributed by atoms with Gasteiger partial charge < -0.3 is 15.1 Å². The van der Waals surface area contributed by atoms with Crippen molar-refractivity contribution in [2.75, 3.05) is 18.1 Å². The lowest BCUT2D eigenvalue weighted by Gasteiger charge is -2.38. The molecular formula is C13H20N2O2. The highest BCUT2D eigenvalue weighted by atomic mass is 16.3. The van der Waals surface area contributed by atoms with Gasteiger partial charge in [-0.2, -0.15) is 0 Å². The van der Waals surface area contributed by atoms with Gasteiger partial charge in [0.1, 0.15) is 0 Å². The molecule has 17 heavy (non-hydrogen) atoms. The first-order valence-corrected chi connectivity index (χ1v) is 6.24. The molecule has 0 unspecified atom stereocenters. The van der Waals surface area contributed by atoms with Gasteiger partial charge in [0, 0.05) is 12.6 Å². The number of nitrogens with zero attached hydrogens (tertiary/aromatic N) is 2. The van der Waals surface area contributed by atoms with Crippen LogP contribution in [0.4, 0.5) is 5.69 Å². The van der Waals surface area contributed by atoms with E-state index in [0.717, 1.165) is 5.69 Å². The van der Waals surface area contributed by atoms with Crippen molar-refractivity contribution in [1.82, 2.24) is 4.98 Å². The minimum absolute atomic E-state index is 0.161. The number of anilines is 1. The summed E-state index contributed by atoms with van der Waals surface area (Å²) >= 11 is 0. The molecular weight excluding hydrogens is 216 g/mol. The van der Waals surface area contributed by atoms with Gasteiger partial charge in [-0.1, -0.05) is 0 Å². The summed E-state index contributed by atoms with van der Waals surface area (Å²) in [6.07, 6.45) is 4.91. The molecule has 0 bridgehead atoms. The molecule has 1 aromatic rings. The number of aliphatic hydroxyl groups excluding tert-OH is 2. The maximum atomic E-state index is 9.41. The Morgan fingerprint density at radius 2 is 2.24 bits per heavy atom. The summed E-state index contributed by atoms with van der Waals surface area (Å²) in [5.74, 6) is 0. The average molecular weight is 236 g/mol. The molecule has 1 atom stereocenters. The molecule has 2 rings (SSSR count). The summed E-state index contributed by atoms with van der Waals surface area (Å²) in [5.41, 5.74) is 1.72. The lowest BCUT2D eigenvalue weighted by atomic mass is 9.91. The van der Waals surface area contributed by atoms with Crippen LogP contribution in [0.2, 0.25) is 0 Å². The summed E-state index contributed by atoms with van der Waals surface area (Å²) in [7, 11) is 0. The van der Waals surface area contributed by atoms with Gasteiger partial charge >= 0.3 is 0 Å². The second-order valence-electron chi connectivity index (χ2n) is 4.62. The van der Waals surface area contributed by atoms with E-state index in [4.69, 9.17) is 5.11 Å². The Morgan fingerprint density at radius 1 is 1.47 bits per heavy atom. The average Bonchev–Trinajstić information content (AvgIpc) is 2.26. The van der Waals surface area contributed by atoms with Gasteiger partial charge in [-0.15, -0.1) is 0 Å². The minimum Gasteiger partial charge on any atom is -0.395 e. The van der Waals surface area contributed by atoms with Gasteiger partial charge in [-0.25, -0.2) is 0 Å². The van der Waals surface area contributed by atoms with Crippen LogP contribution in [0.5, 0.6) is 0 Å². The standard InChI is InChI=1S/C13H20N2O2/c1-10(17)13-6-5-12(9-14-13)15(7-8-16)11-3-2-4-11/h5-6,9-11,16-17H,2-4,7-8H2,1H3/t10-/m1/s1. The van der Waals surface area contributed by atoms with Gasteiger partial charge in [0.25, 0.3) is 0 Å². The van der Waals surface area contributed by atoms with Crippen molar-refractivity contribution in [3.8, 4) is 0 Å². The van der Waals surface area contributed by atoms with E-state index in [-0.39, 0.29) is 6.61 Å². The van der Waals surface area contributed by atoms with E-state index >= 15 is 0 Å². The van der Waals surface area contributed by atoms with E-state index < -0.39 is 6.10 Å². The van der Waals surface area contributed by atoms with Crippen molar-refractivity contribution in [3.05, 3.63) is 24.0 Å². The van der Waals surface area contributed by atoms with Crippen molar-refractivity contribution in [3.63, 3.8) is 0 Å². The van der Waals surface area contributed by atoms with E-state index in [1.807, 2.05) is 12.1 Å². The van der Waals surface area contributed by atoms with Crippen LogP contribution in [-0.4, -0.2) is 34.4 Å². The lowest BCUT2D eigenvalue weighted by molar-refractivity contribution is 0.194. The molecule has 1 fully saturated rings. The van der Waals surface area contributed by atoms with Gasteiger partial charge in [0.2, 0.25) is 0 Å². The molecule has 94 valence electrons. The third-order valence-corrected chi connectivity index (χ3v) is 3.39. The third kappa shape index (κ3) is 2.76. The molecule has 0 amide bonds. The highest BCUT2D eigenvalue weighted by molar-refractivity contribution is 5.46. The maximum Gasteiger partial charge on any atom is 0.0931 e. The largest absolute Gasteiger partial charge is 0.395 e. The topological polar surface area (TPSA) is 56.6 Å². The molecule has 2 N–H and O–H groups in total. The molecule has 0 aliphatic heterocycles. The summed E-state index contributed by atoms with van der Waals surface area (Å²) < 4.78 is 0. The highest BCUT2D eigenvalue weighted by Gasteiger charge is 2.24. The number of hydrogen-bond donors (Lipinski definition) is 2. The van der Waals surface area contributed by atoms with E-state index in [0.29, 0.717) is 18.3 Å². The van der Waals surface area contributed by atoms with Crippen molar-refractivity contribution in [2.24, 2.45) is 0 Å². The normalized spacial score (nSPS) is 17.6. The number of pyridine rings is 1. The number of rotatable bonds is 5. The molecule has 1 heterocycles. The maximum absolute atomic E-state index is 9.41. The Kier molecular flexibility index (Phi) is 3.97. The third-order valence-electron chi connectivity index (χ3n) is 3.39. The quantitative estimate of drug-likeness (QED) is 0.813. The van der Waals surface area contributed by atoms with Crippen molar-refractivity contribution >= 4 is 5.69 Å². The second kappa shape index (κ2) is 5.47. The highest BCUT2D eigenvalue weighted by Crippen LogP contribution is 2.29. The molecule has 4 heteroatoms. The molecule has 0 saturated heterocycles. The molecule has 1 aromatic heterocycles. The molecule has 0 spiro atoms. The van der Waals surface area contributed by atoms with Gasteiger partial charge in [0.15, 0.2) is 0 Å². The van der Waals surface area contributed by atoms with Crippen LogP contribution < -0.4 is 4.90 Å². The van der Waals surface area contributed by atoms with Crippen molar-refractivity contribution < 1.29 is 10.2 Å². The first kappa shape index (κ1) is 12.3. The van der Waals surface area contributed by atoms with Gasteiger partial charge in [-0.05, 0) is 38.3 Å². The first-order chi connectivity index (χ1) is 8.22. The van der Waals surface area contributed by atoms with Crippen LogP contribution in [-0.2, 0) is 0 Å². The Balaban J connectivity index is 2.11. The Morgan fingerprint density at radius 3 is 2.65 bits per heavy atom. The first-order valence-electron chi connectivity index (χ1n) is 6.24. The Labute approximate surface area is 102 Å². The van der Waals surface area contributed by atoms with E-state index in [2.05, 4.69) is 9.88 Å². The second-order valence-corrected chi connectivity index (χ2v) is 4.62. The lowest BCUT2D eigenvalue weighted by Crippen LogP contribution is -2.42. The summed E-state index contributed by atoms with van der Waals surface area (Å²) in [4.78, 5) is 6.46. The van der Waals surface area contributed by atoms with Gasteiger partial charge in [-0.3, -0.25) is 4.98 Å². The zero-order valence-electron chi connectivity index (χ0n) is 10.2. The predicted molar refractivity (Wildman–Crippen MR) is 66.9 cm³/mol. The molecule has 4 nitrogen and oxygen atoms in total. The van der Waals surface area contributed by atoms with Gasteiger partial charge in [0.05, 0.1) is 30.3 Å². The van der Waals surface area contributed by atoms with Crippen LogP contribution in [0.1, 0.15) is 38.0 Å². The smallest absolute Gasteiger partial charge is 0.0931 e.